The molecule has 1 saturated carbocycles. The van der Waals surface area contributed by atoms with Gasteiger partial charge in [-0.3, -0.25) is 0 Å². The Hall–Kier alpha value is -2.66. The largest absolute Gasteiger partial charge is 0.457 e. The van der Waals surface area contributed by atoms with Crippen molar-refractivity contribution < 1.29 is 9.47 Å². The van der Waals surface area contributed by atoms with Crippen LogP contribution in [0, 0.1) is 0 Å². The maximum Gasteiger partial charge on any atom is 0.149 e. The number of fused-ring (bicyclic) bond motifs is 4. The molecule has 1 aliphatic carbocycles. The Kier molecular flexibility index (Phi) is 4.38. The summed E-state index contributed by atoms with van der Waals surface area (Å²) < 4.78 is 12.6. The third-order valence-corrected chi connectivity index (χ3v) is 6.87. The fraction of sp³-hybridized carbons (Fsp3) is 0.308. The predicted molar refractivity (Wildman–Crippen MR) is 116 cm³/mol. The molecule has 1 saturated heterocycles. The van der Waals surface area contributed by atoms with Crippen LogP contribution in [0.25, 0.3) is 0 Å². The molecule has 1 spiro atoms. The van der Waals surface area contributed by atoms with Crippen molar-refractivity contribution in [1.82, 2.24) is 10.9 Å². The molecule has 0 bridgehead atoms. The lowest BCUT2D eigenvalue weighted by Crippen LogP contribution is -2.34. The van der Waals surface area contributed by atoms with Crippen molar-refractivity contribution in [2.24, 2.45) is 0 Å². The fourth-order valence-corrected chi connectivity index (χ4v) is 5.39. The molecule has 3 aromatic carbocycles. The SMILES string of the molecule is c1ccc(C2NNC(c3ccc4c(c3)C3(CCCCC3)c3ccccc3O4)O2)cc1. The Balaban J connectivity index is 1.37. The van der Waals surface area contributed by atoms with Crippen molar-refractivity contribution in [1.29, 1.82) is 0 Å². The minimum atomic E-state index is -0.196. The molecule has 2 aliphatic heterocycles. The molecule has 4 nitrogen and oxygen atoms in total. The Morgan fingerprint density at radius 2 is 1.37 bits per heavy atom. The molecule has 3 aromatic rings. The maximum atomic E-state index is 6.34. The van der Waals surface area contributed by atoms with Gasteiger partial charge in [-0.05, 0) is 42.2 Å². The van der Waals surface area contributed by atoms with E-state index in [4.69, 9.17) is 9.47 Å². The van der Waals surface area contributed by atoms with E-state index in [2.05, 4.69) is 65.4 Å². The zero-order valence-corrected chi connectivity index (χ0v) is 16.9. The summed E-state index contributed by atoms with van der Waals surface area (Å²) in [7, 11) is 0. The molecule has 2 unspecified atom stereocenters. The van der Waals surface area contributed by atoms with Crippen LogP contribution in [0.2, 0.25) is 0 Å². The standard InChI is InChI=1S/C26H26N2O2/c1-3-9-18(10-4-1)24-27-28-25(30-24)19-13-14-23-21(17-19)26(15-7-2-8-16-26)20-11-5-6-12-22(20)29-23/h1,3-6,9-14,17,24-25,27-28H,2,7-8,15-16H2. The minimum Gasteiger partial charge on any atom is -0.457 e. The molecule has 30 heavy (non-hydrogen) atoms. The quantitative estimate of drug-likeness (QED) is 0.567. The number of para-hydroxylation sites is 1. The Morgan fingerprint density at radius 1 is 0.667 bits per heavy atom. The maximum absolute atomic E-state index is 6.34. The van der Waals surface area contributed by atoms with E-state index >= 15 is 0 Å². The molecule has 0 amide bonds. The first-order valence-corrected chi connectivity index (χ1v) is 11.0. The van der Waals surface area contributed by atoms with Gasteiger partial charge in [0.05, 0.1) is 0 Å². The predicted octanol–water partition coefficient (Wildman–Crippen LogP) is 5.86. The van der Waals surface area contributed by atoms with Crippen LogP contribution < -0.4 is 15.6 Å². The number of nitrogens with one attached hydrogen (secondary N) is 2. The second kappa shape index (κ2) is 7.24. The van der Waals surface area contributed by atoms with Crippen molar-refractivity contribution in [3.8, 4) is 11.5 Å². The molecule has 2 heterocycles. The van der Waals surface area contributed by atoms with E-state index in [-0.39, 0.29) is 17.9 Å². The molecule has 6 rings (SSSR count). The lowest BCUT2D eigenvalue weighted by molar-refractivity contribution is 0.0340. The van der Waals surface area contributed by atoms with E-state index in [0.29, 0.717) is 0 Å². The molecule has 2 fully saturated rings. The minimum absolute atomic E-state index is 0.0449. The number of hydrogen-bond donors (Lipinski definition) is 2. The average molecular weight is 399 g/mol. The Labute approximate surface area is 177 Å². The van der Waals surface area contributed by atoms with Gasteiger partial charge in [-0.1, -0.05) is 73.9 Å². The van der Waals surface area contributed by atoms with Crippen LogP contribution in [0.1, 0.15) is 66.8 Å². The van der Waals surface area contributed by atoms with E-state index in [1.54, 1.807) is 0 Å². The number of hydrogen-bond acceptors (Lipinski definition) is 4. The smallest absolute Gasteiger partial charge is 0.149 e. The normalized spacial score (nSPS) is 24.1. The zero-order valence-electron chi connectivity index (χ0n) is 16.9. The Morgan fingerprint density at radius 3 is 2.20 bits per heavy atom. The van der Waals surface area contributed by atoms with Crippen LogP contribution in [0.15, 0.2) is 72.8 Å². The van der Waals surface area contributed by atoms with Crippen LogP contribution in [0.3, 0.4) is 0 Å². The van der Waals surface area contributed by atoms with Gasteiger partial charge in [0.25, 0.3) is 0 Å². The summed E-state index contributed by atoms with van der Waals surface area (Å²) in [5.74, 6) is 2.01. The van der Waals surface area contributed by atoms with Gasteiger partial charge < -0.3 is 9.47 Å². The molecule has 152 valence electrons. The second-order valence-electron chi connectivity index (χ2n) is 8.59. The lowest BCUT2D eigenvalue weighted by atomic mass is 9.64. The first-order chi connectivity index (χ1) is 14.8. The van der Waals surface area contributed by atoms with Crippen LogP contribution in [-0.2, 0) is 10.2 Å². The van der Waals surface area contributed by atoms with Gasteiger partial charge in [0, 0.05) is 16.5 Å². The topological polar surface area (TPSA) is 42.5 Å². The first-order valence-electron chi connectivity index (χ1n) is 11.0. The van der Waals surface area contributed by atoms with Gasteiger partial charge in [-0.2, -0.15) is 0 Å². The van der Waals surface area contributed by atoms with E-state index in [9.17, 15) is 0 Å². The van der Waals surface area contributed by atoms with E-state index in [0.717, 1.165) is 22.6 Å². The number of rotatable bonds is 2. The van der Waals surface area contributed by atoms with Gasteiger partial charge in [0.1, 0.15) is 24.0 Å². The molecular weight excluding hydrogens is 372 g/mol. The molecule has 2 N–H and O–H groups in total. The molecule has 3 aliphatic rings. The molecule has 2 atom stereocenters. The third-order valence-electron chi connectivity index (χ3n) is 6.87. The van der Waals surface area contributed by atoms with Crippen molar-refractivity contribution >= 4 is 0 Å². The average Bonchev–Trinajstić information content (AvgIpc) is 3.31. The van der Waals surface area contributed by atoms with Crippen molar-refractivity contribution in [3.05, 3.63) is 95.1 Å². The monoisotopic (exact) mass is 398 g/mol. The number of hydrazine groups is 1. The highest BCUT2D eigenvalue weighted by molar-refractivity contribution is 5.58. The summed E-state index contributed by atoms with van der Waals surface area (Å²) in [5.41, 5.74) is 11.6. The summed E-state index contributed by atoms with van der Waals surface area (Å²) in [5, 5.41) is 0. The summed E-state index contributed by atoms with van der Waals surface area (Å²) in [6, 6.07) is 25.4. The highest BCUT2D eigenvalue weighted by Gasteiger charge is 2.43. The van der Waals surface area contributed by atoms with Crippen LogP contribution in [0.4, 0.5) is 0 Å². The molecule has 4 heteroatoms. The van der Waals surface area contributed by atoms with E-state index in [1.165, 1.54) is 43.2 Å². The third kappa shape index (κ3) is 2.87. The number of benzene rings is 3. The van der Waals surface area contributed by atoms with Gasteiger partial charge in [0.15, 0.2) is 0 Å². The second-order valence-corrected chi connectivity index (χ2v) is 8.59. The molecule has 0 radical (unpaired) electrons. The van der Waals surface area contributed by atoms with Crippen molar-refractivity contribution in [2.45, 2.75) is 50.0 Å². The van der Waals surface area contributed by atoms with Crippen molar-refractivity contribution in [2.75, 3.05) is 0 Å². The van der Waals surface area contributed by atoms with E-state index in [1.807, 2.05) is 18.2 Å². The summed E-state index contributed by atoms with van der Waals surface area (Å²) in [4.78, 5) is 0. The van der Waals surface area contributed by atoms with Crippen molar-refractivity contribution in [3.63, 3.8) is 0 Å². The van der Waals surface area contributed by atoms with E-state index < -0.39 is 0 Å². The summed E-state index contributed by atoms with van der Waals surface area (Å²) >= 11 is 0. The number of ether oxygens (including phenoxy) is 2. The lowest BCUT2D eigenvalue weighted by Gasteiger charge is -2.43. The highest BCUT2D eigenvalue weighted by atomic mass is 16.5. The van der Waals surface area contributed by atoms with Crippen LogP contribution in [0.5, 0.6) is 11.5 Å². The molecule has 0 aromatic heterocycles. The van der Waals surface area contributed by atoms with Gasteiger partial charge in [0.2, 0.25) is 0 Å². The van der Waals surface area contributed by atoms with Crippen LogP contribution in [-0.4, -0.2) is 0 Å². The summed E-state index contributed by atoms with van der Waals surface area (Å²) in [6.45, 7) is 0. The van der Waals surface area contributed by atoms with Gasteiger partial charge >= 0.3 is 0 Å². The fourth-order valence-electron chi connectivity index (χ4n) is 5.39. The summed E-state index contributed by atoms with van der Waals surface area (Å²) in [6.07, 6.45) is 5.82. The van der Waals surface area contributed by atoms with Gasteiger partial charge in [-0.25, -0.2) is 10.9 Å². The highest BCUT2D eigenvalue weighted by Crippen LogP contribution is 2.55. The molecular formula is C26H26N2O2. The Bertz CT molecular complexity index is 1060. The van der Waals surface area contributed by atoms with Crippen LogP contribution >= 0.6 is 0 Å². The van der Waals surface area contributed by atoms with Gasteiger partial charge in [-0.15, -0.1) is 0 Å². The zero-order chi connectivity index (χ0) is 20.0. The first kappa shape index (κ1) is 18.1.